The monoisotopic (exact) mass is 283 g/mol. The standard InChI is InChI=1S/C18H25N3/c1-13(2)14-5-4-11-21(12-9-14)17-8-7-16(19)15-6-3-10-20-18(15)17/h3,6-8,10,13-14H,4-5,9,11-12,19H2,1-2H3. The van der Waals surface area contributed by atoms with E-state index in [9.17, 15) is 0 Å². The summed E-state index contributed by atoms with van der Waals surface area (Å²) in [6.45, 7) is 6.94. The predicted molar refractivity (Wildman–Crippen MR) is 90.5 cm³/mol. The molecule has 1 fully saturated rings. The summed E-state index contributed by atoms with van der Waals surface area (Å²) in [5.41, 5.74) is 9.19. The van der Waals surface area contributed by atoms with Gasteiger partial charge in [-0.2, -0.15) is 0 Å². The maximum absolute atomic E-state index is 6.09. The molecule has 1 aliphatic rings. The SMILES string of the molecule is CC(C)C1CCCN(c2ccc(N)c3cccnc23)CC1. The first-order chi connectivity index (χ1) is 10.2. The third-order valence-corrected chi connectivity index (χ3v) is 4.84. The Morgan fingerprint density at radius 2 is 2.05 bits per heavy atom. The minimum absolute atomic E-state index is 0.784. The number of nitrogen functional groups attached to an aromatic ring is 1. The average molecular weight is 283 g/mol. The molecule has 1 unspecified atom stereocenters. The lowest BCUT2D eigenvalue weighted by atomic mass is 9.89. The molecule has 2 N–H and O–H groups in total. The number of anilines is 2. The maximum Gasteiger partial charge on any atom is 0.0955 e. The van der Waals surface area contributed by atoms with Crippen molar-refractivity contribution in [2.75, 3.05) is 23.7 Å². The fourth-order valence-electron chi connectivity index (χ4n) is 3.46. The van der Waals surface area contributed by atoms with Crippen molar-refractivity contribution in [1.82, 2.24) is 4.98 Å². The van der Waals surface area contributed by atoms with E-state index in [1.54, 1.807) is 0 Å². The van der Waals surface area contributed by atoms with Crippen molar-refractivity contribution in [1.29, 1.82) is 0 Å². The Balaban J connectivity index is 1.92. The molecule has 2 aromatic rings. The van der Waals surface area contributed by atoms with Gasteiger partial charge in [-0.1, -0.05) is 13.8 Å². The van der Waals surface area contributed by atoms with Crippen LogP contribution in [0.2, 0.25) is 0 Å². The summed E-state index contributed by atoms with van der Waals surface area (Å²) < 4.78 is 0. The van der Waals surface area contributed by atoms with Gasteiger partial charge in [-0.05, 0) is 55.4 Å². The van der Waals surface area contributed by atoms with Gasteiger partial charge in [0, 0.05) is 30.4 Å². The molecule has 1 aliphatic heterocycles. The van der Waals surface area contributed by atoms with Crippen molar-refractivity contribution in [3.8, 4) is 0 Å². The van der Waals surface area contributed by atoms with Crippen LogP contribution in [0.4, 0.5) is 11.4 Å². The topological polar surface area (TPSA) is 42.1 Å². The molecule has 1 atom stereocenters. The molecular formula is C18H25N3. The van der Waals surface area contributed by atoms with Gasteiger partial charge in [-0.25, -0.2) is 0 Å². The summed E-state index contributed by atoms with van der Waals surface area (Å²) in [6.07, 6.45) is 5.74. The molecule has 1 aromatic carbocycles. The van der Waals surface area contributed by atoms with Crippen LogP contribution in [0.5, 0.6) is 0 Å². The normalized spacial score (nSPS) is 20.0. The Labute approximate surface area is 127 Å². The number of nitrogens with zero attached hydrogens (tertiary/aromatic N) is 2. The van der Waals surface area contributed by atoms with Gasteiger partial charge in [0.15, 0.2) is 0 Å². The maximum atomic E-state index is 6.09. The molecule has 1 aromatic heterocycles. The third kappa shape index (κ3) is 2.82. The van der Waals surface area contributed by atoms with Gasteiger partial charge in [0.05, 0.1) is 11.2 Å². The molecule has 3 heteroatoms. The van der Waals surface area contributed by atoms with E-state index < -0.39 is 0 Å². The largest absolute Gasteiger partial charge is 0.398 e. The number of benzene rings is 1. The molecule has 1 saturated heterocycles. The molecule has 0 bridgehead atoms. The second-order valence-electron chi connectivity index (χ2n) is 6.50. The number of pyridine rings is 1. The lowest BCUT2D eigenvalue weighted by Crippen LogP contribution is -2.25. The lowest BCUT2D eigenvalue weighted by Gasteiger charge is -2.25. The van der Waals surface area contributed by atoms with Crippen LogP contribution >= 0.6 is 0 Å². The molecule has 0 radical (unpaired) electrons. The van der Waals surface area contributed by atoms with Gasteiger partial charge in [0.1, 0.15) is 0 Å². The Bertz CT molecular complexity index is 621. The van der Waals surface area contributed by atoms with E-state index in [1.807, 2.05) is 18.3 Å². The summed E-state index contributed by atoms with van der Waals surface area (Å²) in [4.78, 5) is 7.08. The lowest BCUT2D eigenvalue weighted by molar-refractivity contribution is 0.351. The van der Waals surface area contributed by atoms with Crippen molar-refractivity contribution in [3.05, 3.63) is 30.5 Å². The molecule has 3 nitrogen and oxygen atoms in total. The predicted octanol–water partition coefficient (Wildman–Crippen LogP) is 4.08. The minimum atomic E-state index is 0.784. The number of nitrogens with two attached hydrogens (primary N) is 1. The van der Waals surface area contributed by atoms with Gasteiger partial charge in [0.25, 0.3) is 0 Å². The van der Waals surface area contributed by atoms with Crippen LogP contribution in [0.1, 0.15) is 33.1 Å². The Kier molecular flexibility index (Phi) is 4.00. The van der Waals surface area contributed by atoms with Crippen LogP contribution in [0.3, 0.4) is 0 Å². The highest BCUT2D eigenvalue weighted by molar-refractivity contribution is 5.98. The fraction of sp³-hybridized carbons (Fsp3) is 0.500. The van der Waals surface area contributed by atoms with Gasteiger partial charge in [0.2, 0.25) is 0 Å². The van der Waals surface area contributed by atoms with Gasteiger partial charge < -0.3 is 10.6 Å². The Hall–Kier alpha value is -1.77. The van der Waals surface area contributed by atoms with Crippen LogP contribution < -0.4 is 10.6 Å². The molecule has 21 heavy (non-hydrogen) atoms. The molecule has 2 heterocycles. The van der Waals surface area contributed by atoms with E-state index in [4.69, 9.17) is 5.73 Å². The van der Waals surface area contributed by atoms with E-state index in [0.29, 0.717) is 0 Å². The minimum Gasteiger partial charge on any atom is -0.398 e. The quantitative estimate of drug-likeness (QED) is 0.844. The molecule has 0 amide bonds. The summed E-state index contributed by atoms with van der Waals surface area (Å²) in [7, 11) is 0. The van der Waals surface area contributed by atoms with Crippen LogP contribution in [-0.2, 0) is 0 Å². The third-order valence-electron chi connectivity index (χ3n) is 4.84. The summed E-state index contributed by atoms with van der Waals surface area (Å²) in [5, 5.41) is 1.07. The van der Waals surface area contributed by atoms with Crippen molar-refractivity contribution in [2.24, 2.45) is 11.8 Å². The smallest absolute Gasteiger partial charge is 0.0955 e. The number of hydrogen-bond donors (Lipinski definition) is 1. The van der Waals surface area contributed by atoms with Crippen LogP contribution in [0.25, 0.3) is 10.9 Å². The summed E-state index contributed by atoms with van der Waals surface area (Å²) in [5.74, 6) is 1.63. The molecular weight excluding hydrogens is 258 g/mol. The van der Waals surface area contributed by atoms with Gasteiger partial charge in [-0.3, -0.25) is 4.98 Å². The van der Waals surface area contributed by atoms with Gasteiger partial charge >= 0.3 is 0 Å². The summed E-state index contributed by atoms with van der Waals surface area (Å²) >= 11 is 0. The average Bonchev–Trinajstić information content (AvgIpc) is 2.74. The number of fused-ring (bicyclic) bond motifs is 1. The molecule has 112 valence electrons. The molecule has 3 rings (SSSR count). The molecule has 0 spiro atoms. The van der Waals surface area contributed by atoms with Crippen LogP contribution in [0.15, 0.2) is 30.5 Å². The van der Waals surface area contributed by atoms with E-state index in [-0.39, 0.29) is 0 Å². The first-order valence-corrected chi connectivity index (χ1v) is 8.05. The van der Waals surface area contributed by atoms with Crippen molar-refractivity contribution >= 4 is 22.3 Å². The Morgan fingerprint density at radius 1 is 1.19 bits per heavy atom. The van der Waals surface area contributed by atoms with E-state index >= 15 is 0 Å². The molecule has 0 saturated carbocycles. The zero-order valence-electron chi connectivity index (χ0n) is 13.0. The summed E-state index contributed by atoms with van der Waals surface area (Å²) in [6, 6.07) is 8.18. The highest BCUT2D eigenvalue weighted by Crippen LogP contribution is 2.32. The molecule has 0 aliphatic carbocycles. The van der Waals surface area contributed by atoms with Crippen molar-refractivity contribution in [2.45, 2.75) is 33.1 Å². The number of rotatable bonds is 2. The highest BCUT2D eigenvalue weighted by atomic mass is 15.1. The second-order valence-corrected chi connectivity index (χ2v) is 6.50. The van der Waals surface area contributed by atoms with Crippen LogP contribution in [0, 0.1) is 11.8 Å². The van der Waals surface area contributed by atoms with E-state index in [1.165, 1.54) is 24.9 Å². The fourth-order valence-corrected chi connectivity index (χ4v) is 3.46. The van der Waals surface area contributed by atoms with E-state index in [2.05, 4.69) is 35.9 Å². The zero-order chi connectivity index (χ0) is 14.8. The van der Waals surface area contributed by atoms with Crippen LogP contribution in [-0.4, -0.2) is 18.1 Å². The highest BCUT2D eigenvalue weighted by Gasteiger charge is 2.21. The zero-order valence-corrected chi connectivity index (χ0v) is 13.0. The second kappa shape index (κ2) is 5.92. The Morgan fingerprint density at radius 3 is 2.86 bits per heavy atom. The van der Waals surface area contributed by atoms with Gasteiger partial charge in [-0.15, -0.1) is 0 Å². The first-order valence-electron chi connectivity index (χ1n) is 8.05. The van der Waals surface area contributed by atoms with Crippen molar-refractivity contribution < 1.29 is 0 Å². The van der Waals surface area contributed by atoms with E-state index in [0.717, 1.165) is 41.5 Å². The number of hydrogen-bond acceptors (Lipinski definition) is 3. The van der Waals surface area contributed by atoms with Crippen molar-refractivity contribution in [3.63, 3.8) is 0 Å². The number of aromatic nitrogens is 1. The first kappa shape index (κ1) is 14.2.